The molecule has 6 nitrogen and oxygen atoms in total. The van der Waals surface area contributed by atoms with Gasteiger partial charge in [0, 0.05) is 23.6 Å². The van der Waals surface area contributed by atoms with Crippen LogP contribution in [0.5, 0.6) is 0 Å². The molecule has 24 heavy (non-hydrogen) atoms. The van der Waals surface area contributed by atoms with Crippen LogP contribution in [-0.4, -0.2) is 15.1 Å². The summed E-state index contributed by atoms with van der Waals surface area (Å²) in [6, 6.07) is 14.4. The molecule has 0 aliphatic rings. The highest BCUT2D eigenvalue weighted by Crippen LogP contribution is 2.37. The van der Waals surface area contributed by atoms with Crippen LogP contribution in [0.15, 0.2) is 57.8 Å². The number of halogens is 1. The van der Waals surface area contributed by atoms with Crippen LogP contribution in [0.4, 0.5) is 10.8 Å². The highest BCUT2D eigenvalue weighted by molar-refractivity contribution is 8.01. The molecule has 1 N–H and O–H groups in total. The average molecular weight is 379 g/mol. The second-order valence-electron chi connectivity index (χ2n) is 4.69. The topological polar surface area (TPSA) is 81.0 Å². The monoisotopic (exact) mass is 378 g/mol. The van der Waals surface area contributed by atoms with Crippen molar-refractivity contribution in [1.29, 1.82) is 0 Å². The number of nitro benzene ring substituents is 1. The van der Waals surface area contributed by atoms with Crippen LogP contribution in [0.25, 0.3) is 0 Å². The Kier molecular flexibility index (Phi) is 5.29. The maximum absolute atomic E-state index is 10.7. The standard InChI is InChI=1S/C15H11ClN4O2S2/c16-12-8-11(20(21)22)6-7-13(12)23-15-19-18-14(24-15)17-9-10-4-2-1-3-5-10/h1-8H,9H2,(H,17,18). The Morgan fingerprint density at radius 1 is 1.21 bits per heavy atom. The van der Waals surface area contributed by atoms with Crippen molar-refractivity contribution in [2.45, 2.75) is 15.8 Å². The minimum absolute atomic E-state index is 0.0353. The molecule has 0 aliphatic carbocycles. The van der Waals surface area contributed by atoms with Crippen LogP contribution in [0.1, 0.15) is 5.56 Å². The maximum Gasteiger partial charge on any atom is 0.270 e. The molecule has 0 fully saturated rings. The first-order valence-corrected chi connectivity index (χ1v) is 8.86. The van der Waals surface area contributed by atoms with Gasteiger partial charge in [-0.25, -0.2) is 0 Å². The first-order chi connectivity index (χ1) is 11.6. The Balaban J connectivity index is 1.65. The van der Waals surface area contributed by atoms with Gasteiger partial charge in [0.1, 0.15) is 0 Å². The summed E-state index contributed by atoms with van der Waals surface area (Å²) >= 11 is 8.82. The minimum Gasteiger partial charge on any atom is -0.356 e. The van der Waals surface area contributed by atoms with Gasteiger partial charge in [-0.05, 0) is 11.6 Å². The van der Waals surface area contributed by atoms with E-state index in [4.69, 9.17) is 11.6 Å². The number of rotatable bonds is 6. The normalized spacial score (nSPS) is 10.5. The molecule has 2 aromatic carbocycles. The molecular formula is C15H11ClN4O2S2. The average Bonchev–Trinajstić information content (AvgIpc) is 3.03. The Morgan fingerprint density at radius 3 is 2.71 bits per heavy atom. The van der Waals surface area contributed by atoms with E-state index in [1.807, 2.05) is 30.3 Å². The molecule has 0 atom stereocenters. The third-order valence-electron chi connectivity index (χ3n) is 3.02. The number of hydrogen-bond donors (Lipinski definition) is 1. The quantitative estimate of drug-likeness (QED) is 0.487. The number of nitrogens with zero attached hydrogens (tertiary/aromatic N) is 3. The van der Waals surface area contributed by atoms with Crippen molar-refractivity contribution in [3.05, 3.63) is 69.2 Å². The fourth-order valence-corrected chi connectivity index (χ4v) is 3.87. The first-order valence-electron chi connectivity index (χ1n) is 6.85. The van der Waals surface area contributed by atoms with E-state index >= 15 is 0 Å². The number of anilines is 1. The van der Waals surface area contributed by atoms with Gasteiger partial charge in [0.2, 0.25) is 5.13 Å². The fraction of sp³-hybridized carbons (Fsp3) is 0.0667. The van der Waals surface area contributed by atoms with Crippen molar-refractivity contribution in [3.8, 4) is 0 Å². The zero-order chi connectivity index (χ0) is 16.9. The van der Waals surface area contributed by atoms with Crippen LogP contribution in [0.2, 0.25) is 5.02 Å². The van der Waals surface area contributed by atoms with Gasteiger partial charge in [0.25, 0.3) is 5.69 Å². The lowest BCUT2D eigenvalue weighted by Gasteiger charge is -2.01. The molecule has 0 saturated carbocycles. The van der Waals surface area contributed by atoms with Gasteiger partial charge in [-0.2, -0.15) is 0 Å². The lowest BCUT2D eigenvalue weighted by atomic mass is 10.2. The predicted octanol–water partition coefficient (Wildman–Crippen LogP) is 4.86. The molecule has 3 rings (SSSR count). The molecule has 0 saturated heterocycles. The molecule has 0 radical (unpaired) electrons. The molecule has 0 spiro atoms. The molecule has 122 valence electrons. The van der Waals surface area contributed by atoms with Crippen molar-refractivity contribution in [3.63, 3.8) is 0 Å². The van der Waals surface area contributed by atoms with Crippen LogP contribution in [-0.2, 0) is 6.54 Å². The fourth-order valence-electron chi connectivity index (χ4n) is 1.88. The number of nitrogens with one attached hydrogen (secondary N) is 1. The highest BCUT2D eigenvalue weighted by atomic mass is 35.5. The molecule has 0 unspecified atom stereocenters. The lowest BCUT2D eigenvalue weighted by Crippen LogP contribution is -1.98. The van der Waals surface area contributed by atoms with E-state index in [0.29, 0.717) is 25.9 Å². The molecule has 0 bridgehead atoms. The molecule has 1 heterocycles. The SMILES string of the molecule is O=[N+]([O-])c1ccc(Sc2nnc(NCc3ccccc3)s2)c(Cl)c1. The number of hydrogen-bond acceptors (Lipinski definition) is 7. The Bertz CT molecular complexity index is 858. The maximum atomic E-state index is 10.7. The Labute approximate surface area is 151 Å². The van der Waals surface area contributed by atoms with Gasteiger partial charge in [0.15, 0.2) is 4.34 Å². The zero-order valence-electron chi connectivity index (χ0n) is 12.2. The van der Waals surface area contributed by atoms with Crippen LogP contribution < -0.4 is 5.32 Å². The summed E-state index contributed by atoms with van der Waals surface area (Å²) in [4.78, 5) is 11.0. The van der Waals surface area contributed by atoms with E-state index in [9.17, 15) is 10.1 Å². The third-order valence-corrected chi connectivity index (χ3v) is 5.45. The van der Waals surface area contributed by atoms with Gasteiger partial charge in [0.05, 0.1) is 9.95 Å². The van der Waals surface area contributed by atoms with Crippen molar-refractivity contribution in [1.82, 2.24) is 10.2 Å². The number of aromatic nitrogens is 2. The largest absolute Gasteiger partial charge is 0.356 e. The van der Waals surface area contributed by atoms with E-state index in [1.165, 1.54) is 35.2 Å². The Morgan fingerprint density at radius 2 is 2.00 bits per heavy atom. The summed E-state index contributed by atoms with van der Waals surface area (Å²) in [6.07, 6.45) is 0. The van der Waals surface area contributed by atoms with E-state index in [-0.39, 0.29) is 5.69 Å². The molecule has 0 amide bonds. The summed E-state index contributed by atoms with van der Waals surface area (Å²) in [5.74, 6) is 0. The van der Waals surface area contributed by atoms with Crippen LogP contribution in [0, 0.1) is 10.1 Å². The molecule has 0 aliphatic heterocycles. The summed E-state index contributed by atoms with van der Waals surface area (Å²) in [6.45, 7) is 0.665. The Hall–Kier alpha value is -2.16. The van der Waals surface area contributed by atoms with E-state index < -0.39 is 4.92 Å². The van der Waals surface area contributed by atoms with E-state index in [1.54, 1.807) is 6.07 Å². The molecule has 3 aromatic rings. The predicted molar refractivity (Wildman–Crippen MR) is 95.9 cm³/mol. The molecule has 1 aromatic heterocycles. The van der Waals surface area contributed by atoms with Crippen LogP contribution in [0.3, 0.4) is 0 Å². The van der Waals surface area contributed by atoms with Crippen molar-refractivity contribution in [2.24, 2.45) is 0 Å². The first kappa shape index (κ1) is 16.7. The highest BCUT2D eigenvalue weighted by Gasteiger charge is 2.12. The summed E-state index contributed by atoms with van der Waals surface area (Å²) in [7, 11) is 0. The van der Waals surface area contributed by atoms with E-state index in [0.717, 1.165) is 5.56 Å². The number of nitro groups is 1. The molecule has 9 heteroatoms. The summed E-state index contributed by atoms with van der Waals surface area (Å²) < 4.78 is 0.710. The van der Waals surface area contributed by atoms with Gasteiger partial charge in [-0.1, -0.05) is 65.0 Å². The smallest absolute Gasteiger partial charge is 0.270 e. The summed E-state index contributed by atoms with van der Waals surface area (Å²) in [5.41, 5.74) is 1.12. The van der Waals surface area contributed by atoms with Crippen molar-refractivity contribution >= 4 is 45.5 Å². The number of non-ortho nitro benzene ring substituents is 1. The summed E-state index contributed by atoms with van der Waals surface area (Å²) in [5, 5.41) is 23.2. The van der Waals surface area contributed by atoms with Gasteiger partial charge in [-0.15, -0.1) is 10.2 Å². The third kappa shape index (κ3) is 4.22. The number of benzene rings is 2. The second kappa shape index (κ2) is 7.61. The second-order valence-corrected chi connectivity index (χ2v) is 7.36. The lowest BCUT2D eigenvalue weighted by molar-refractivity contribution is -0.384. The van der Waals surface area contributed by atoms with E-state index in [2.05, 4.69) is 15.5 Å². The van der Waals surface area contributed by atoms with Crippen LogP contribution >= 0.6 is 34.7 Å². The van der Waals surface area contributed by atoms with Gasteiger partial charge < -0.3 is 5.32 Å². The minimum atomic E-state index is -0.475. The van der Waals surface area contributed by atoms with Crippen molar-refractivity contribution < 1.29 is 4.92 Å². The van der Waals surface area contributed by atoms with Gasteiger partial charge in [-0.3, -0.25) is 10.1 Å². The van der Waals surface area contributed by atoms with Gasteiger partial charge >= 0.3 is 0 Å². The zero-order valence-corrected chi connectivity index (χ0v) is 14.6. The molecular weight excluding hydrogens is 368 g/mol. The van der Waals surface area contributed by atoms with Crippen molar-refractivity contribution in [2.75, 3.05) is 5.32 Å².